The summed E-state index contributed by atoms with van der Waals surface area (Å²) in [5.41, 5.74) is 0.616. The van der Waals surface area contributed by atoms with Gasteiger partial charge in [-0.05, 0) is 18.2 Å². The quantitative estimate of drug-likeness (QED) is 0.775. The molecule has 100 valence electrons. The highest BCUT2D eigenvalue weighted by molar-refractivity contribution is 5.79. The number of nitrogens with one attached hydrogen (secondary N) is 1. The fraction of sp³-hybridized carbons (Fsp3) is 0.0667. The number of aromatic nitrogens is 2. The first-order chi connectivity index (χ1) is 9.65. The Hall–Kier alpha value is -2.56. The Morgan fingerprint density at radius 3 is 2.65 bits per heavy atom. The van der Waals surface area contributed by atoms with Crippen molar-refractivity contribution in [2.24, 2.45) is 0 Å². The predicted molar refractivity (Wildman–Crippen MR) is 72.8 cm³/mol. The minimum Gasteiger partial charge on any atom is -0.306 e. The van der Waals surface area contributed by atoms with Gasteiger partial charge in [-0.3, -0.25) is 4.79 Å². The van der Waals surface area contributed by atoms with Gasteiger partial charge < -0.3 is 4.98 Å². The highest BCUT2D eigenvalue weighted by Gasteiger charge is 2.10. The Bertz CT molecular complexity index is 827. The molecule has 1 N–H and O–H groups in total. The lowest BCUT2D eigenvalue weighted by Gasteiger charge is -2.05. The van der Waals surface area contributed by atoms with Gasteiger partial charge in [-0.25, -0.2) is 13.8 Å². The van der Waals surface area contributed by atoms with E-state index in [0.717, 1.165) is 0 Å². The highest BCUT2D eigenvalue weighted by Crippen LogP contribution is 2.23. The summed E-state index contributed by atoms with van der Waals surface area (Å²) in [5.74, 6) is 0.288. The molecule has 0 bridgehead atoms. The Labute approximate surface area is 112 Å². The first-order valence-corrected chi connectivity index (χ1v) is 6.03. The lowest BCUT2D eigenvalue weighted by Crippen LogP contribution is -2.09. The molecule has 3 rings (SSSR count). The Morgan fingerprint density at radius 1 is 1.05 bits per heavy atom. The second-order valence-electron chi connectivity index (χ2n) is 4.36. The van der Waals surface area contributed by atoms with Gasteiger partial charge in [0.25, 0.3) is 12.0 Å². The number of hydrogen-bond acceptors (Lipinski definition) is 2. The number of nitrogens with zero attached hydrogens (tertiary/aromatic N) is 1. The first-order valence-electron chi connectivity index (χ1n) is 6.03. The predicted octanol–water partition coefficient (Wildman–Crippen LogP) is 3.53. The zero-order valence-corrected chi connectivity index (χ0v) is 10.3. The van der Waals surface area contributed by atoms with Crippen LogP contribution in [0.15, 0.2) is 53.3 Å². The van der Waals surface area contributed by atoms with E-state index in [2.05, 4.69) is 9.97 Å². The summed E-state index contributed by atoms with van der Waals surface area (Å²) in [7, 11) is 0. The number of alkyl halides is 2. The minimum absolute atomic E-state index is 0.0988. The normalized spacial score (nSPS) is 11.2. The van der Waals surface area contributed by atoms with Crippen molar-refractivity contribution in [2.45, 2.75) is 6.43 Å². The van der Waals surface area contributed by atoms with Gasteiger partial charge in [0.15, 0.2) is 0 Å². The molecule has 3 nitrogen and oxygen atoms in total. The van der Waals surface area contributed by atoms with Crippen LogP contribution < -0.4 is 5.56 Å². The molecule has 0 saturated carbocycles. The zero-order chi connectivity index (χ0) is 14.1. The molecule has 0 amide bonds. The van der Waals surface area contributed by atoms with Gasteiger partial charge in [-0.15, -0.1) is 0 Å². The summed E-state index contributed by atoms with van der Waals surface area (Å²) in [5, 5.41) is 0.473. The average Bonchev–Trinajstić information content (AvgIpc) is 2.47. The maximum absolute atomic E-state index is 12.7. The highest BCUT2D eigenvalue weighted by atomic mass is 19.3. The van der Waals surface area contributed by atoms with E-state index in [1.54, 1.807) is 30.3 Å². The molecule has 0 aliphatic rings. The van der Waals surface area contributed by atoms with E-state index in [1.807, 2.05) is 0 Å². The average molecular weight is 272 g/mol. The van der Waals surface area contributed by atoms with Crippen LogP contribution in [0.4, 0.5) is 8.78 Å². The van der Waals surface area contributed by atoms with Gasteiger partial charge in [0, 0.05) is 11.1 Å². The number of rotatable bonds is 2. The first kappa shape index (κ1) is 12.5. The smallest absolute Gasteiger partial charge is 0.263 e. The lowest BCUT2D eigenvalue weighted by molar-refractivity contribution is 0.151. The van der Waals surface area contributed by atoms with Crippen LogP contribution in [0.25, 0.3) is 22.3 Å². The van der Waals surface area contributed by atoms with Gasteiger partial charge in [0.2, 0.25) is 0 Å². The zero-order valence-electron chi connectivity index (χ0n) is 10.3. The topological polar surface area (TPSA) is 45.8 Å². The summed E-state index contributed by atoms with van der Waals surface area (Å²) in [6, 6.07) is 12.7. The lowest BCUT2D eigenvalue weighted by atomic mass is 10.1. The van der Waals surface area contributed by atoms with Crippen LogP contribution in [0.5, 0.6) is 0 Å². The van der Waals surface area contributed by atoms with Crippen LogP contribution >= 0.6 is 0 Å². The molecule has 0 spiro atoms. The molecule has 5 heteroatoms. The second kappa shape index (κ2) is 4.85. The molecule has 2 aromatic carbocycles. The van der Waals surface area contributed by atoms with Crippen molar-refractivity contribution >= 4 is 10.9 Å². The third kappa shape index (κ3) is 2.18. The molecule has 0 saturated heterocycles. The molecule has 0 aliphatic carbocycles. The standard InChI is InChI=1S/C15H10F2N2O/c16-13(17)9-4-3-5-10(8-9)14-18-12-7-2-1-6-11(12)15(20)19-14/h1-8,13H,(H,18,19,20). The summed E-state index contributed by atoms with van der Waals surface area (Å²) < 4.78 is 25.4. The molecule has 1 heterocycles. The third-order valence-electron chi connectivity index (χ3n) is 3.02. The molecule has 0 radical (unpaired) electrons. The van der Waals surface area contributed by atoms with E-state index < -0.39 is 6.43 Å². The number of benzene rings is 2. The van der Waals surface area contributed by atoms with Crippen LogP contribution in [0, 0.1) is 0 Å². The molecule has 1 aromatic heterocycles. The molecule has 0 fully saturated rings. The van der Waals surface area contributed by atoms with E-state index in [4.69, 9.17) is 0 Å². The molecular weight excluding hydrogens is 262 g/mol. The fourth-order valence-electron chi connectivity index (χ4n) is 2.04. The summed E-state index contributed by atoms with van der Waals surface area (Å²) in [6.07, 6.45) is -2.55. The van der Waals surface area contributed by atoms with Crippen LogP contribution in [0.2, 0.25) is 0 Å². The fourth-order valence-corrected chi connectivity index (χ4v) is 2.04. The van der Waals surface area contributed by atoms with E-state index >= 15 is 0 Å². The summed E-state index contributed by atoms with van der Waals surface area (Å²) in [6.45, 7) is 0. The van der Waals surface area contributed by atoms with Crippen LogP contribution in [-0.2, 0) is 0 Å². The Kier molecular flexibility index (Phi) is 3.02. The van der Waals surface area contributed by atoms with Crippen molar-refractivity contribution in [3.8, 4) is 11.4 Å². The van der Waals surface area contributed by atoms with Gasteiger partial charge >= 0.3 is 0 Å². The monoisotopic (exact) mass is 272 g/mol. The molecule has 20 heavy (non-hydrogen) atoms. The van der Waals surface area contributed by atoms with Crippen molar-refractivity contribution < 1.29 is 8.78 Å². The van der Waals surface area contributed by atoms with Gasteiger partial charge in [0.05, 0.1) is 10.9 Å². The molecule has 0 atom stereocenters. The summed E-state index contributed by atoms with van der Waals surface area (Å²) >= 11 is 0. The molecule has 3 aromatic rings. The van der Waals surface area contributed by atoms with Gasteiger partial charge in [-0.2, -0.15) is 0 Å². The maximum atomic E-state index is 12.7. The summed E-state index contributed by atoms with van der Waals surface area (Å²) in [4.78, 5) is 18.9. The Morgan fingerprint density at radius 2 is 1.85 bits per heavy atom. The number of fused-ring (bicyclic) bond motifs is 1. The second-order valence-corrected chi connectivity index (χ2v) is 4.36. The van der Waals surface area contributed by atoms with Crippen molar-refractivity contribution in [1.29, 1.82) is 0 Å². The Balaban J connectivity index is 2.20. The number of halogens is 2. The van der Waals surface area contributed by atoms with Crippen LogP contribution in [-0.4, -0.2) is 9.97 Å². The largest absolute Gasteiger partial charge is 0.306 e. The van der Waals surface area contributed by atoms with Crippen LogP contribution in [0.3, 0.4) is 0 Å². The van der Waals surface area contributed by atoms with Crippen molar-refractivity contribution in [1.82, 2.24) is 9.97 Å². The van der Waals surface area contributed by atoms with Crippen molar-refractivity contribution in [2.75, 3.05) is 0 Å². The molecular formula is C15H10F2N2O. The minimum atomic E-state index is -2.55. The number of H-pyrrole nitrogens is 1. The number of hydrogen-bond donors (Lipinski definition) is 1. The SMILES string of the molecule is O=c1[nH]c(-c2cccc(C(F)F)c2)nc2ccccc12. The maximum Gasteiger partial charge on any atom is 0.263 e. The molecule has 0 aliphatic heterocycles. The van der Waals surface area contributed by atoms with E-state index in [-0.39, 0.29) is 16.9 Å². The van der Waals surface area contributed by atoms with Gasteiger partial charge in [-0.1, -0.05) is 30.3 Å². The van der Waals surface area contributed by atoms with E-state index in [9.17, 15) is 13.6 Å². The van der Waals surface area contributed by atoms with Gasteiger partial charge in [0.1, 0.15) is 5.82 Å². The third-order valence-corrected chi connectivity index (χ3v) is 3.02. The van der Waals surface area contributed by atoms with Crippen LogP contribution in [0.1, 0.15) is 12.0 Å². The number of aromatic amines is 1. The number of para-hydroxylation sites is 1. The van der Waals surface area contributed by atoms with Crippen molar-refractivity contribution in [3.05, 3.63) is 64.4 Å². The van der Waals surface area contributed by atoms with E-state index in [1.165, 1.54) is 18.2 Å². The van der Waals surface area contributed by atoms with Crippen molar-refractivity contribution in [3.63, 3.8) is 0 Å². The van der Waals surface area contributed by atoms with E-state index in [0.29, 0.717) is 16.5 Å². The molecule has 0 unspecified atom stereocenters.